The molecule has 0 spiro atoms. The van der Waals surface area contributed by atoms with Crippen LogP contribution in [-0.4, -0.2) is 0 Å². The highest BCUT2D eigenvalue weighted by Crippen LogP contribution is 2.30. The van der Waals surface area contributed by atoms with Crippen molar-refractivity contribution in [3.8, 4) is 10.4 Å². The van der Waals surface area contributed by atoms with Gasteiger partial charge >= 0.3 is 0 Å². The zero-order valence-corrected chi connectivity index (χ0v) is 14.7. The normalized spacial score (nSPS) is 10.3. The molecule has 3 rings (SSSR count). The fourth-order valence-corrected chi connectivity index (χ4v) is 3.21. The van der Waals surface area contributed by atoms with Crippen LogP contribution >= 0.6 is 34.3 Å². The van der Waals surface area contributed by atoms with Crippen molar-refractivity contribution in [2.75, 3.05) is 0 Å². The number of hydrogen-bond donors (Lipinski definition) is 0. The Morgan fingerprint density at radius 2 is 1.76 bits per heavy atom. The molecule has 0 bridgehead atoms. The monoisotopic (exact) mass is 332 g/mol. The summed E-state index contributed by atoms with van der Waals surface area (Å²) < 4.78 is 0. The summed E-state index contributed by atoms with van der Waals surface area (Å²) in [5, 5.41) is 7.08. The molecule has 0 nitrogen and oxygen atoms in total. The Hall–Kier alpha value is -1.09. The first kappa shape index (κ1) is 16.3. The molecule has 2 heterocycles. The quantitative estimate of drug-likeness (QED) is 0.481. The van der Waals surface area contributed by atoms with Crippen molar-refractivity contribution in [3.05, 3.63) is 68.7 Å². The number of hydrogen-bond acceptors (Lipinski definition) is 2. The molecule has 0 saturated carbocycles. The van der Waals surface area contributed by atoms with E-state index in [-0.39, 0.29) is 0 Å². The summed E-state index contributed by atoms with van der Waals surface area (Å²) in [6.45, 7) is 6.44. The molecule has 0 fully saturated rings. The van der Waals surface area contributed by atoms with E-state index >= 15 is 0 Å². The lowest BCUT2D eigenvalue weighted by atomic mass is 10.1. The van der Waals surface area contributed by atoms with E-state index in [1.54, 1.807) is 22.7 Å². The van der Waals surface area contributed by atoms with Gasteiger partial charge in [0.2, 0.25) is 0 Å². The summed E-state index contributed by atoms with van der Waals surface area (Å²) in [7, 11) is 0. The lowest BCUT2D eigenvalue weighted by Gasteiger charge is -1.99. The maximum atomic E-state index is 5.85. The molecule has 0 unspecified atom stereocenters. The summed E-state index contributed by atoms with van der Waals surface area (Å²) in [5.74, 6) is 0.544. The van der Waals surface area contributed by atoms with Crippen molar-refractivity contribution in [2.24, 2.45) is 0 Å². The second kappa shape index (κ2) is 7.79. The van der Waals surface area contributed by atoms with Crippen LogP contribution in [0.2, 0.25) is 5.02 Å². The van der Waals surface area contributed by atoms with Crippen LogP contribution in [0.15, 0.2) is 42.5 Å². The summed E-state index contributed by atoms with van der Waals surface area (Å²) in [4.78, 5) is 2.59. The molecule has 2 radical (unpaired) electrons. The third-order valence-electron chi connectivity index (χ3n) is 2.92. The molecule has 0 atom stereocenters. The molecule has 0 amide bonds. The lowest BCUT2D eigenvalue weighted by Crippen LogP contribution is -1.80. The van der Waals surface area contributed by atoms with E-state index in [0.717, 1.165) is 5.02 Å². The predicted molar refractivity (Wildman–Crippen MR) is 95.6 cm³/mol. The summed E-state index contributed by atoms with van der Waals surface area (Å²) in [6, 6.07) is 14.1. The Balaban J connectivity index is 0.000000225. The van der Waals surface area contributed by atoms with Crippen molar-refractivity contribution in [1.82, 2.24) is 0 Å². The van der Waals surface area contributed by atoms with Crippen molar-refractivity contribution in [2.45, 2.75) is 26.7 Å². The molecule has 0 aliphatic rings. The van der Waals surface area contributed by atoms with Gasteiger partial charge in [-0.25, -0.2) is 0 Å². The number of aryl methyl sites for hydroxylation is 1. The van der Waals surface area contributed by atoms with Crippen molar-refractivity contribution in [3.63, 3.8) is 0 Å². The first-order valence-corrected chi connectivity index (χ1v) is 8.77. The third kappa shape index (κ3) is 4.99. The first-order valence-electron chi connectivity index (χ1n) is 6.76. The van der Waals surface area contributed by atoms with Crippen molar-refractivity contribution in [1.29, 1.82) is 0 Å². The second-order valence-electron chi connectivity index (χ2n) is 4.99. The van der Waals surface area contributed by atoms with Crippen LogP contribution in [0.25, 0.3) is 10.4 Å². The van der Waals surface area contributed by atoms with Gasteiger partial charge in [-0.05, 0) is 54.3 Å². The highest BCUT2D eigenvalue weighted by Gasteiger charge is 2.05. The van der Waals surface area contributed by atoms with Crippen LogP contribution in [0, 0.1) is 17.7 Å². The zero-order chi connectivity index (χ0) is 15.2. The van der Waals surface area contributed by atoms with Gasteiger partial charge in [-0.2, -0.15) is 0 Å². The molecule has 0 aliphatic heterocycles. The lowest BCUT2D eigenvalue weighted by molar-refractivity contribution is 0.871. The van der Waals surface area contributed by atoms with Crippen LogP contribution in [0.1, 0.15) is 30.2 Å². The van der Waals surface area contributed by atoms with Crippen LogP contribution in [-0.2, 0) is 0 Å². The van der Waals surface area contributed by atoms with Crippen LogP contribution in [0.4, 0.5) is 0 Å². The molecule has 108 valence electrons. The van der Waals surface area contributed by atoms with Crippen LogP contribution in [0.3, 0.4) is 0 Å². The van der Waals surface area contributed by atoms with Gasteiger partial charge in [-0.15, -0.1) is 22.7 Å². The van der Waals surface area contributed by atoms with E-state index in [2.05, 4.69) is 37.6 Å². The van der Waals surface area contributed by atoms with Crippen LogP contribution < -0.4 is 0 Å². The van der Waals surface area contributed by atoms with Gasteiger partial charge in [0.05, 0.1) is 0 Å². The minimum absolute atomic E-state index is 0.544. The van der Waals surface area contributed by atoms with Gasteiger partial charge in [0.25, 0.3) is 0 Å². The maximum absolute atomic E-state index is 5.85. The highest BCUT2D eigenvalue weighted by atomic mass is 35.5. The van der Waals surface area contributed by atoms with E-state index < -0.39 is 0 Å². The molecular formula is C18H17ClS2. The number of thiophene rings is 2. The van der Waals surface area contributed by atoms with E-state index in [9.17, 15) is 0 Å². The van der Waals surface area contributed by atoms with Gasteiger partial charge in [0.1, 0.15) is 0 Å². The Kier molecular flexibility index (Phi) is 6.04. The maximum Gasteiger partial charge on any atom is 0.0486 e. The Labute approximate surface area is 140 Å². The van der Waals surface area contributed by atoms with Gasteiger partial charge < -0.3 is 0 Å². The Morgan fingerprint density at radius 3 is 2.19 bits per heavy atom. The number of rotatable bonds is 2. The topological polar surface area (TPSA) is 0 Å². The Bertz CT molecular complexity index is 649. The molecule has 3 heteroatoms. The van der Waals surface area contributed by atoms with E-state index in [1.807, 2.05) is 36.4 Å². The molecule has 3 aromatic rings. The molecule has 0 saturated heterocycles. The largest absolute Gasteiger partial charge is 0.140 e. The standard InChI is InChI=1S/C13H12ClS.C5H5S/c1-9(2)11-7-13(15-8-11)10-3-5-12(14)6-4-10;1-5-3-2-4-6-5/h3-7,9H,1-2H3;2-3H,1H3. The fourth-order valence-electron chi connectivity index (χ4n) is 1.67. The van der Waals surface area contributed by atoms with Crippen molar-refractivity contribution >= 4 is 34.3 Å². The average molecular weight is 333 g/mol. The van der Waals surface area contributed by atoms with Gasteiger partial charge in [0, 0.05) is 25.5 Å². The minimum atomic E-state index is 0.544. The molecule has 0 N–H and O–H groups in total. The summed E-state index contributed by atoms with van der Waals surface area (Å²) >= 11 is 9.17. The van der Waals surface area contributed by atoms with Gasteiger partial charge in [0.15, 0.2) is 0 Å². The Morgan fingerprint density at radius 1 is 1.05 bits per heavy atom. The van der Waals surface area contributed by atoms with Crippen molar-refractivity contribution < 1.29 is 0 Å². The molecule has 1 aromatic carbocycles. The molecular weight excluding hydrogens is 316 g/mol. The zero-order valence-electron chi connectivity index (χ0n) is 12.3. The predicted octanol–water partition coefficient (Wildman–Crippen LogP) is 6.85. The van der Waals surface area contributed by atoms with Gasteiger partial charge in [-0.1, -0.05) is 37.6 Å². The minimum Gasteiger partial charge on any atom is -0.140 e. The summed E-state index contributed by atoms with van der Waals surface area (Å²) in [6.07, 6.45) is 0. The summed E-state index contributed by atoms with van der Waals surface area (Å²) in [5.41, 5.74) is 2.50. The van der Waals surface area contributed by atoms with E-state index in [0.29, 0.717) is 5.92 Å². The molecule has 0 aliphatic carbocycles. The smallest absolute Gasteiger partial charge is 0.0486 e. The van der Waals surface area contributed by atoms with Crippen LogP contribution in [0.5, 0.6) is 0 Å². The SMILES string of the molecule is CC(C)c1[c]sc(-c2ccc(Cl)cc2)c1.Cc1cc[c]s1. The molecule has 2 aromatic heterocycles. The van der Waals surface area contributed by atoms with E-state index in [4.69, 9.17) is 11.6 Å². The third-order valence-corrected chi connectivity index (χ3v) is 4.80. The second-order valence-corrected chi connectivity index (χ2v) is 7.36. The van der Waals surface area contributed by atoms with E-state index in [1.165, 1.54) is 20.9 Å². The number of benzene rings is 1. The highest BCUT2D eigenvalue weighted by molar-refractivity contribution is 7.13. The fraction of sp³-hybridized carbons (Fsp3) is 0.222. The number of halogens is 1. The average Bonchev–Trinajstić information content (AvgIpc) is 3.11. The first-order chi connectivity index (χ1) is 10.1. The molecule has 21 heavy (non-hydrogen) atoms. The van der Waals surface area contributed by atoms with Gasteiger partial charge in [-0.3, -0.25) is 0 Å².